The van der Waals surface area contributed by atoms with Crippen LogP contribution in [0.4, 0.5) is 0 Å². The first-order chi connectivity index (χ1) is 9.30. The Morgan fingerprint density at radius 2 is 1.33 bits per heavy atom. The molecule has 0 bridgehead atoms. The van der Waals surface area contributed by atoms with E-state index in [1.165, 1.54) is 0 Å². The van der Waals surface area contributed by atoms with Crippen molar-refractivity contribution >= 4 is 15.6 Å². The summed E-state index contributed by atoms with van der Waals surface area (Å²) < 4.78 is 28.4. The van der Waals surface area contributed by atoms with E-state index in [0.29, 0.717) is 0 Å². The van der Waals surface area contributed by atoms with Crippen LogP contribution < -0.4 is 0 Å². The molecule has 0 aromatic rings. The molecule has 2 unspecified atom stereocenters. The molecule has 128 valence electrons. The Kier molecular flexibility index (Phi) is 8.04. The standard InChI is InChI=1S/C6H16O13P2/c7-1-2(8)3(9)4(10)5(11)6(12)18-21(16,17)19-20(13,14)15/h2-12H,1H2,(H,16,17)(H2,13,14,15)/t2-,3-,4+,5-,6?/m1/s1. The zero-order chi connectivity index (χ0) is 17.0. The van der Waals surface area contributed by atoms with E-state index < -0.39 is 53.0 Å². The molecule has 15 heteroatoms. The fourth-order valence-electron chi connectivity index (χ4n) is 1.06. The normalized spacial score (nSPS) is 22.9. The zero-order valence-corrected chi connectivity index (χ0v) is 11.9. The Morgan fingerprint density at radius 1 is 0.857 bits per heavy atom. The van der Waals surface area contributed by atoms with E-state index >= 15 is 0 Å². The Hall–Kier alpha value is 0.0200. The molecule has 0 spiro atoms. The van der Waals surface area contributed by atoms with Gasteiger partial charge in [0.2, 0.25) is 0 Å². The summed E-state index contributed by atoms with van der Waals surface area (Å²) >= 11 is 0. The van der Waals surface area contributed by atoms with Gasteiger partial charge in [-0.1, -0.05) is 0 Å². The van der Waals surface area contributed by atoms with Crippen LogP contribution in [0.15, 0.2) is 0 Å². The first-order valence-corrected chi connectivity index (χ1v) is 8.12. The van der Waals surface area contributed by atoms with Crippen LogP contribution in [-0.4, -0.2) is 82.6 Å². The Labute approximate surface area is 117 Å². The number of phosphoric acid groups is 2. The van der Waals surface area contributed by atoms with Crippen molar-refractivity contribution in [2.24, 2.45) is 0 Å². The molecule has 0 aliphatic heterocycles. The van der Waals surface area contributed by atoms with Crippen LogP contribution >= 0.6 is 15.6 Å². The van der Waals surface area contributed by atoms with Gasteiger partial charge in [0.1, 0.15) is 24.4 Å². The van der Waals surface area contributed by atoms with Gasteiger partial charge < -0.3 is 45.3 Å². The number of rotatable bonds is 9. The fourth-order valence-corrected chi connectivity index (χ4v) is 2.69. The first kappa shape index (κ1) is 21.0. The Morgan fingerprint density at radius 3 is 1.71 bits per heavy atom. The molecule has 0 fully saturated rings. The molecular weight excluding hydrogens is 342 g/mol. The van der Waals surface area contributed by atoms with E-state index in [0.717, 1.165) is 0 Å². The number of aliphatic hydroxyl groups excluding tert-OH is 6. The third kappa shape index (κ3) is 7.72. The van der Waals surface area contributed by atoms with Crippen molar-refractivity contribution in [2.45, 2.75) is 30.7 Å². The average Bonchev–Trinajstić information content (AvgIpc) is 2.31. The van der Waals surface area contributed by atoms with Crippen molar-refractivity contribution < 1.29 is 63.3 Å². The lowest BCUT2D eigenvalue weighted by atomic mass is 10.0. The molecule has 0 saturated heterocycles. The average molecular weight is 358 g/mol. The molecule has 0 aliphatic rings. The van der Waals surface area contributed by atoms with Crippen LogP contribution in [0.3, 0.4) is 0 Å². The van der Waals surface area contributed by atoms with E-state index in [2.05, 4.69) is 8.83 Å². The Bertz CT molecular complexity index is 407. The summed E-state index contributed by atoms with van der Waals surface area (Å²) in [6, 6.07) is 0. The summed E-state index contributed by atoms with van der Waals surface area (Å²) in [6.45, 7) is -1.01. The molecule has 0 aromatic carbocycles. The van der Waals surface area contributed by atoms with E-state index in [9.17, 15) is 29.6 Å². The third-order valence-electron chi connectivity index (χ3n) is 2.02. The maximum Gasteiger partial charge on any atom is 0.483 e. The van der Waals surface area contributed by atoms with Crippen LogP contribution in [0.5, 0.6) is 0 Å². The minimum absolute atomic E-state index is 1.01. The third-order valence-corrected chi connectivity index (χ3v) is 4.18. The van der Waals surface area contributed by atoms with Gasteiger partial charge in [0.15, 0.2) is 6.29 Å². The number of phosphoric ester groups is 1. The molecule has 9 N–H and O–H groups in total. The lowest BCUT2D eigenvalue weighted by molar-refractivity contribution is -0.185. The number of hydrogen-bond acceptors (Lipinski definition) is 10. The van der Waals surface area contributed by atoms with Crippen LogP contribution in [0.25, 0.3) is 0 Å². The molecule has 0 saturated carbocycles. The minimum atomic E-state index is -5.50. The second kappa shape index (κ2) is 8.04. The van der Waals surface area contributed by atoms with Gasteiger partial charge in [-0.15, -0.1) is 0 Å². The van der Waals surface area contributed by atoms with Crippen LogP contribution in [0.1, 0.15) is 0 Å². The van der Waals surface area contributed by atoms with Gasteiger partial charge in [-0.25, -0.2) is 9.13 Å². The highest BCUT2D eigenvalue weighted by Crippen LogP contribution is 2.58. The molecule has 0 aliphatic carbocycles. The minimum Gasteiger partial charge on any atom is -0.394 e. The molecule has 0 heterocycles. The van der Waals surface area contributed by atoms with E-state index in [4.69, 9.17) is 24.9 Å². The molecule has 21 heavy (non-hydrogen) atoms. The molecule has 0 amide bonds. The van der Waals surface area contributed by atoms with E-state index in [-0.39, 0.29) is 0 Å². The maximum absolute atomic E-state index is 11.0. The maximum atomic E-state index is 11.0. The summed E-state index contributed by atoms with van der Waals surface area (Å²) in [5.74, 6) is 0. The highest BCUT2D eigenvalue weighted by molar-refractivity contribution is 7.60. The largest absolute Gasteiger partial charge is 0.483 e. The highest BCUT2D eigenvalue weighted by atomic mass is 31.3. The SMILES string of the molecule is O=P(O)(O)OP(=O)(O)OC(O)[C@H](O)[C@@H](O)[C@H](O)[C@H](O)CO. The van der Waals surface area contributed by atoms with Crippen molar-refractivity contribution in [2.75, 3.05) is 6.61 Å². The summed E-state index contributed by atoms with van der Waals surface area (Å²) in [6.07, 6.45) is -11.6. The molecular formula is C6H16O13P2. The fraction of sp³-hybridized carbons (Fsp3) is 1.00. The predicted octanol–water partition coefficient (Wildman–Crippen LogP) is -4.03. The van der Waals surface area contributed by atoms with Gasteiger partial charge in [-0.05, 0) is 0 Å². The summed E-state index contributed by atoms with van der Waals surface area (Å²) in [4.78, 5) is 25.4. The molecule has 6 atom stereocenters. The van der Waals surface area contributed by atoms with Crippen molar-refractivity contribution in [1.82, 2.24) is 0 Å². The lowest BCUT2D eigenvalue weighted by Gasteiger charge is -2.28. The van der Waals surface area contributed by atoms with Gasteiger partial charge in [0, 0.05) is 0 Å². The molecule has 0 aromatic heterocycles. The molecule has 13 nitrogen and oxygen atoms in total. The topological polar surface area (TPSA) is 235 Å². The quantitative estimate of drug-likeness (QED) is 0.141. The van der Waals surface area contributed by atoms with Crippen LogP contribution in [0.2, 0.25) is 0 Å². The van der Waals surface area contributed by atoms with Gasteiger partial charge in [-0.3, -0.25) is 4.52 Å². The second-order valence-electron chi connectivity index (χ2n) is 3.76. The first-order valence-electron chi connectivity index (χ1n) is 5.10. The van der Waals surface area contributed by atoms with Crippen LogP contribution in [-0.2, 0) is 18.0 Å². The van der Waals surface area contributed by atoms with Crippen molar-refractivity contribution in [3.63, 3.8) is 0 Å². The van der Waals surface area contributed by atoms with Gasteiger partial charge >= 0.3 is 15.6 Å². The van der Waals surface area contributed by atoms with Crippen molar-refractivity contribution in [3.8, 4) is 0 Å². The number of hydrogen-bond donors (Lipinski definition) is 9. The lowest BCUT2D eigenvalue weighted by Crippen LogP contribution is -2.50. The highest BCUT2D eigenvalue weighted by Gasteiger charge is 2.40. The van der Waals surface area contributed by atoms with Gasteiger partial charge in [-0.2, -0.15) is 4.31 Å². The van der Waals surface area contributed by atoms with Crippen molar-refractivity contribution in [3.05, 3.63) is 0 Å². The van der Waals surface area contributed by atoms with Crippen LogP contribution in [0, 0.1) is 0 Å². The number of aliphatic hydroxyl groups is 6. The predicted molar refractivity (Wildman–Crippen MR) is 61.2 cm³/mol. The Balaban J connectivity index is 4.75. The second-order valence-corrected chi connectivity index (χ2v) is 6.54. The van der Waals surface area contributed by atoms with E-state index in [1.54, 1.807) is 0 Å². The summed E-state index contributed by atoms with van der Waals surface area (Å²) in [5, 5.41) is 54.5. The summed E-state index contributed by atoms with van der Waals surface area (Å²) in [7, 11) is -11.0. The van der Waals surface area contributed by atoms with Gasteiger partial charge in [0.05, 0.1) is 6.61 Å². The molecule has 0 radical (unpaired) electrons. The summed E-state index contributed by atoms with van der Waals surface area (Å²) in [5.41, 5.74) is 0. The zero-order valence-electron chi connectivity index (χ0n) is 10.1. The van der Waals surface area contributed by atoms with E-state index in [1.807, 2.05) is 0 Å². The van der Waals surface area contributed by atoms with Crippen molar-refractivity contribution in [1.29, 1.82) is 0 Å². The molecule has 0 rings (SSSR count). The smallest absolute Gasteiger partial charge is 0.394 e. The monoisotopic (exact) mass is 358 g/mol. The van der Waals surface area contributed by atoms with Gasteiger partial charge in [0.25, 0.3) is 0 Å².